The van der Waals surface area contributed by atoms with Gasteiger partial charge >= 0.3 is 0 Å². The third-order valence-corrected chi connectivity index (χ3v) is 8.14. The highest BCUT2D eigenvalue weighted by Gasteiger charge is 2.25. The fourth-order valence-corrected chi connectivity index (χ4v) is 5.67. The molecule has 1 aliphatic rings. The van der Waals surface area contributed by atoms with Crippen LogP contribution in [0.4, 0.5) is 5.13 Å². The molecule has 3 aromatic heterocycles. The molecule has 1 amide bonds. The van der Waals surface area contributed by atoms with Crippen molar-refractivity contribution in [2.24, 2.45) is 0 Å². The molecule has 9 heteroatoms. The van der Waals surface area contributed by atoms with E-state index in [2.05, 4.69) is 56.9 Å². The van der Waals surface area contributed by atoms with Gasteiger partial charge in [0.25, 0.3) is 5.91 Å². The van der Waals surface area contributed by atoms with Gasteiger partial charge in [-0.15, -0.1) is 11.3 Å². The number of hydrogen-bond acceptors (Lipinski definition) is 7. The number of aromatic nitrogens is 3. The number of rotatable bonds is 11. The first-order valence-corrected chi connectivity index (χ1v) is 15.0. The van der Waals surface area contributed by atoms with E-state index >= 15 is 0 Å². The predicted octanol–water partition coefficient (Wildman–Crippen LogP) is 6.25. The molecule has 1 fully saturated rings. The smallest absolute Gasteiger partial charge is 0.253 e. The number of amides is 1. The molecule has 1 atom stereocenters. The number of thiazole rings is 1. The average molecular weight is 545 g/mol. The van der Waals surface area contributed by atoms with Crippen molar-refractivity contribution in [1.29, 1.82) is 0 Å². The van der Waals surface area contributed by atoms with Gasteiger partial charge in [-0.25, -0.2) is 4.98 Å². The molecular formula is C29H32N6OS2. The fraction of sp³-hybridized carbons (Fsp3) is 0.276. The van der Waals surface area contributed by atoms with Gasteiger partial charge < -0.3 is 16.1 Å². The van der Waals surface area contributed by atoms with Crippen LogP contribution in [0.15, 0.2) is 83.9 Å². The van der Waals surface area contributed by atoms with Gasteiger partial charge in [0.2, 0.25) is 0 Å². The van der Waals surface area contributed by atoms with Gasteiger partial charge in [0.1, 0.15) is 0 Å². The molecule has 1 unspecified atom stereocenters. The number of carbonyl (C=O) groups is 1. The molecule has 1 aliphatic carbocycles. The summed E-state index contributed by atoms with van der Waals surface area (Å²) in [5.41, 5.74) is 10.4. The summed E-state index contributed by atoms with van der Waals surface area (Å²) in [6.45, 7) is 0. The Hall–Kier alpha value is -3.56. The summed E-state index contributed by atoms with van der Waals surface area (Å²) in [4.78, 5) is 22.2. The Morgan fingerprint density at radius 1 is 1.13 bits per heavy atom. The van der Waals surface area contributed by atoms with E-state index in [-0.39, 0.29) is 11.9 Å². The van der Waals surface area contributed by atoms with E-state index in [0.29, 0.717) is 5.56 Å². The average Bonchev–Trinajstić information content (AvgIpc) is 3.60. The largest absolute Gasteiger partial charge is 0.344 e. The lowest BCUT2D eigenvalue weighted by Crippen LogP contribution is -2.40. The van der Waals surface area contributed by atoms with Crippen LogP contribution in [0.1, 0.15) is 36.0 Å². The predicted molar refractivity (Wildman–Crippen MR) is 159 cm³/mol. The molecular weight excluding hydrogens is 512 g/mol. The molecule has 7 nitrogen and oxygen atoms in total. The highest BCUT2D eigenvalue weighted by atomic mass is 32.2. The first kappa shape index (κ1) is 26.1. The molecule has 38 heavy (non-hydrogen) atoms. The summed E-state index contributed by atoms with van der Waals surface area (Å²) in [5, 5.41) is 9.87. The van der Waals surface area contributed by atoms with Crippen molar-refractivity contribution in [3.05, 3.63) is 89.5 Å². The zero-order valence-corrected chi connectivity index (χ0v) is 23.2. The van der Waals surface area contributed by atoms with Crippen LogP contribution < -0.4 is 16.1 Å². The van der Waals surface area contributed by atoms with E-state index in [1.54, 1.807) is 34.0 Å². The monoisotopic (exact) mass is 544 g/mol. The Kier molecular flexibility index (Phi) is 8.45. The van der Waals surface area contributed by atoms with Crippen LogP contribution in [0.2, 0.25) is 0 Å². The number of nitrogens with zero attached hydrogens (tertiary/aromatic N) is 3. The van der Waals surface area contributed by atoms with Crippen molar-refractivity contribution >= 4 is 34.1 Å². The second-order valence-corrected chi connectivity index (χ2v) is 11.0. The van der Waals surface area contributed by atoms with Crippen molar-refractivity contribution < 1.29 is 4.79 Å². The Morgan fingerprint density at radius 2 is 1.95 bits per heavy atom. The van der Waals surface area contributed by atoms with Gasteiger partial charge in [-0.1, -0.05) is 18.2 Å². The van der Waals surface area contributed by atoms with E-state index in [0.717, 1.165) is 58.2 Å². The van der Waals surface area contributed by atoms with Gasteiger partial charge in [0.05, 0.1) is 17.3 Å². The van der Waals surface area contributed by atoms with E-state index < -0.39 is 0 Å². The second kappa shape index (κ2) is 12.3. The van der Waals surface area contributed by atoms with Gasteiger partial charge in [-0.2, -0.15) is 11.8 Å². The van der Waals surface area contributed by atoms with E-state index in [1.165, 1.54) is 12.0 Å². The first-order valence-electron chi connectivity index (χ1n) is 12.8. The molecule has 0 radical (unpaired) electrons. The normalized spacial score (nSPS) is 13.5. The van der Waals surface area contributed by atoms with E-state index in [1.807, 2.05) is 43.8 Å². The molecule has 4 aromatic rings. The number of anilines is 1. The van der Waals surface area contributed by atoms with Gasteiger partial charge in [0, 0.05) is 48.5 Å². The molecule has 0 bridgehead atoms. The number of pyridine rings is 1. The topological polar surface area (TPSA) is 83.9 Å². The number of carbonyl (C=O) groups excluding carboxylic acids is 1. The van der Waals surface area contributed by atoms with Crippen molar-refractivity contribution in [3.8, 4) is 22.4 Å². The van der Waals surface area contributed by atoms with Crippen molar-refractivity contribution in [3.63, 3.8) is 0 Å². The van der Waals surface area contributed by atoms with Crippen molar-refractivity contribution in [1.82, 2.24) is 20.0 Å². The molecule has 5 rings (SSSR count). The van der Waals surface area contributed by atoms with E-state index in [9.17, 15) is 4.79 Å². The zero-order chi connectivity index (χ0) is 26.3. The summed E-state index contributed by atoms with van der Waals surface area (Å²) in [7, 11) is 1.82. The molecule has 0 saturated heterocycles. The third kappa shape index (κ3) is 6.11. The summed E-state index contributed by atoms with van der Waals surface area (Å²) in [6, 6.07) is 14.2. The molecule has 1 aromatic carbocycles. The Labute approximate surface area is 231 Å². The van der Waals surface area contributed by atoms with Crippen LogP contribution in [0.3, 0.4) is 0 Å². The highest BCUT2D eigenvalue weighted by molar-refractivity contribution is 7.98. The second-order valence-electron chi connectivity index (χ2n) is 9.19. The number of nitrogens with one attached hydrogen (secondary N) is 3. The van der Waals surface area contributed by atoms with E-state index in [4.69, 9.17) is 4.98 Å². The number of hydrogen-bond donors (Lipinski definition) is 3. The maximum atomic E-state index is 13.1. The fourth-order valence-electron chi connectivity index (χ4n) is 4.46. The standard InChI is InChI=1S/C29H32N6OS2/c1-30-35-15-11-24(18-35)28(36)32-25(12-16-37-2)27(21-5-3-6-21)34-29-33-26(19-38-29)23-8-4-7-22(17-23)20-9-13-31-14-10-20/h4,7-11,13-15,17-19,25,30H,3,5-6,12,16H2,1-2H3,(H,32,36)(H,33,34). The molecule has 196 valence electrons. The Bertz CT molecular complexity index is 1410. The van der Waals surface area contributed by atoms with Crippen LogP contribution in [-0.2, 0) is 0 Å². The van der Waals surface area contributed by atoms with Crippen molar-refractivity contribution in [2.75, 3.05) is 29.8 Å². The lowest BCUT2D eigenvalue weighted by Gasteiger charge is -2.29. The summed E-state index contributed by atoms with van der Waals surface area (Å²) >= 11 is 3.38. The molecule has 0 spiro atoms. The lowest BCUT2D eigenvalue weighted by molar-refractivity contribution is 0.0942. The number of thioether (sulfide) groups is 1. The maximum Gasteiger partial charge on any atom is 0.253 e. The van der Waals surface area contributed by atoms with Gasteiger partial charge in [-0.05, 0) is 78.7 Å². The maximum absolute atomic E-state index is 13.1. The molecule has 1 saturated carbocycles. The number of benzene rings is 1. The Balaban J connectivity index is 1.37. The van der Waals surface area contributed by atoms with Crippen LogP contribution in [0.5, 0.6) is 0 Å². The Morgan fingerprint density at radius 3 is 2.66 bits per heavy atom. The SMILES string of the molecule is CNn1ccc(C(=O)NC(CCSC)C(Nc2nc(-c3cccc(-c4ccncc4)c3)cs2)=C2CCC2)c1. The first-order chi connectivity index (χ1) is 18.6. The molecule has 3 heterocycles. The minimum atomic E-state index is -0.106. The van der Waals surface area contributed by atoms with Crippen molar-refractivity contribution in [2.45, 2.75) is 31.7 Å². The third-order valence-electron chi connectivity index (χ3n) is 6.73. The van der Waals surface area contributed by atoms with Crippen LogP contribution in [0, 0.1) is 0 Å². The lowest BCUT2D eigenvalue weighted by atomic mass is 9.87. The minimum absolute atomic E-state index is 0.0721. The molecule has 3 N–H and O–H groups in total. The highest BCUT2D eigenvalue weighted by Crippen LogP contribution is 2.34. The number of allylic oxidation sites excluding steroid dienone is 1. The van der Waals surface area contributed by atoms with Crippen LogP contribution in [0.25, 0.3) is 22.4 Å². The molecule has 0 aliphatic heterocycles. The van der Waals surface area contributed by atoms with Crippen LogP contribution in [-0.4, -0.2) is 45.6 Å². The zero-order valence-electron chi connectivity index (χ0n) is 21.6. The van der Waals surface area contributed by atoms with Crippen LogP contribution >= 0.6 is 23.1 Å². The quantitative estimate of drug-likeness (QED) is 0.207. The van der Waals surface area contributed by atoms with Gasteiger partial charge in [-0.3, -0.25) is 14.5 Å². The summed E-state index contributed by atoms with van der Waals surface area (Å²) < 4.78 is 1.77. The van der Waals surface area contributed by atoms with Gasteiger partial charge in [0.15, 0.2) is 5.13 Å². The summed E-state index contributed by atoms with van der Waals surface area (Å²) in [6.07, 6.45) is 13.5. The minimum Gasteiger partial charge on any atom is -0.344 e. The summed E-state index contributed by atoms with van der Waals surface area (Å²) in [5.74, 6) is 0.878.